The molecule has 2 rings (SSSR count). The van der Waals surface area contributed by atoms with Gasteiger partial charge in [-0.25, -0.2) is 0 Å². The third-order valence-electron chi connectivity index (χ3n) is 2.21. The summed E-state index contributed by atoms with van der Waals surface area (Å²) in [4.78, 5) is 0. The first-order valence-electron chi connectivity index (χ1n) is 4.79. The van der Waals surface area contributed by atoms with Crippen molar-refractivity contribution in [3.8, 4) is 0 Å². The van der Waals surface area contributed by atoms with Crippen LogP contribution in [0.15, 0.2) is 28.9 Å². The van der Waals surface area contributed by atoms with Gasteiger partial charge in [0.2, 0.25) is 0 Å². The van der Waals surface area contributed by atoms with E-state index in [4.69, 9.17) is 17.3 Å². The van der Waals surface area contributed by atoms with Crippen LogP contribution >= 0.6 is 27.5 Å². The molecule has 0 unspecified atom stereocenters. The fourth-order valence-electron chi connectivity index (χ4n) is 1.53. The van der Waals surface area contributed by atoms with E-state index in [1.165, 1.54) is 0 Å². The predicted octanol–water partition coefficient (Wildman–Crippen LogP) is 3.24. The number of aryl methyl sites for hydroxylation is 1. The zero-order chi connectivity index (χ0) is 11.7. The van der Waals surface area contributed by atoms with Crippen LogP contribution in [0.4, 0.5) is 5.69 Å². The largest absolute Gasteiger partial charge is 0.399 e. The summed E-state index contributed by atoms with van der Waals surface area (Å²) in [5.74, 6) is 0. The van der Waals surface area contributed by atoms with E-state index in [1.807, 2.05) is 31.3 Å². The molecule has 0 fully saturated rings. The highest BCUT2D eigenvalue weighted by Crippen LogP contribution is 2.19. The topological polar surface area (TPSA) is 43.8 Å². The summed E-state index contributed by atoms with van der Waals surface area (Å²) in [6, 6.07) is 5.81. The molecule has 1 aromatic heterocycles. The van der Waals surface area contributed by atoms with E-state index in [0.29, 0.717) is 11.6 Å². The van der Waals surface area contributed by atoms with Crippen molar-refractivity contribution in [2.75, 3.05) is 5.73 Å². The molecule has 1 heterocycles. The maximum absolute atomic E-state index is 5.94. The molecule has 0 aliphatic carbocycles. The molecule has 0 bridgehead atoms. The van der Waals surface area contributed by atoms with Crippen molar-refractivity contribution in [3.05, 3.63) is 45.1 Å². The summed E-state index contributed by atoms with van der Waals surface area (Å²) >= 11 is 9.35. The highest BCUT2D eigenvalue weighted by atomic mass is 79.9. The first-order chi connectivity index (χ1) is 7.54. The van der Waals surface area contributed by atoms with Gasteiger partial charge in [-0.05, 0) is 30.7 Å². The van der Waals surface area contributed by atoms with Gasteiger partial charge in [0.15, 0.2) is 0 Å². The lowest BCUT2D eigenvalue weighted by molar-refractivity contribution is 0.679. The van der Waals surface area contributed by atoms with Crippen molar-refractivity contribution in [3.63, 3.8) is 0 Å². The first-order valence-corrected chi connectivity index (χ1v) is 5.96. The SMILES string of the molecule is Cc1nn(Cc2cc(N)cc(Br)c2)cc1Cl. The van der Waals surface area contributed by atoms with Gasteiger partial charge in [0.05, 0.1) is 17.3 Å². The molecule has 0 aliphatic rings. The van der Waals surface area contributed by atoms with E-state index in [-0.39, 0.29) is 0 Å². The van der Waals surface area contributed by atoms with Crippen LogP contribution in [0, 0.1) is 6.92 Å². The lowest BCUT2D eigenvalue weighted by Crippen LogP contribution is -2.01. The summed E-state index contributed by atoms with van der Waals surface area (Å²) in [6.45, 7) is 2.55. The second-order valence-electron chi connectivity index (χ2n) is 3.65. The minimum absolute atomic E-state index is 0.664. The molecule has 0 amide bonds. The van der Waals surface area contributed by atoms with Crippen molar-refractivity contribution in [1.82, 2.24) is 9.78 Å². The Morgan fingerprint density at radius 3 is 2.75 bits per heavy atom. The Bertz CT molecular complexity index is 482. The Balaban J connectivity index is 2.26. The van der Waals surface area contributed by atoms with E-state index in [1.54, 1.807) is 4.68 Å². The van der Waals surface area contributed by atoms with Gasteiger partial charge < -0.3 is 5.73 Å². The fourth-order valence-corrected chi connectivity index (χ4v) is 2.24. The number of nitrogen functional groups attached to an aromatic ring is 1. The number of aromatic nitrogens is 2. The molecule has 16 heavy (non-hydrogen) atoms. The first kappa shape index (κ1) is 11.5. The second kappa shape index (κ2) is 4.47. The molecule has 2 aromatic rings. The highest BCUT2D eigenvalue weighted by molar-refractivity contribution is 9.10. The van der Waals surface area contributed by atoms with E-state index >= 15 is 0 Å². The minimum atomic E-state index is 0.664. The molecule has 0 aliphatic heterocycles. The summed E-state index contributed by atoms with van der Waals surface area (Å²) in [6.07, 6.45) is 1.81. The molecule has 84 valence electrons. The van der Waals surface area contributed by atoms with Crippen LogP contribution in [0.5, 0.6) is 0 Å². The number of rotatable bonds is 2. The molecule has 2 N–H and O–H groups in total. The zero-order valence-corrected chi connectivity index (χ0v) is 11.1. The van der Waals surface area contributed by atoms with Crippen molar-refractivity contribution in [1.29, 1.82) is 0 Å². The maximum atomic E-state index is 5.94. The number of nitrogens with two attached hydrogens (primary N) is 1. The summed E-state index contributed by atoms with van der Waals surface area (Å²) in [5, 5.41) is 4.98. The Kier molecular flexibility index (Phi) is 3.21. The normalized spacial score (nSPS) is 10.7. The van der Waals surface area contributed by atoms with Gasteiger partial charge in [0.1, 0.15) is 0 Å². The van der Waals surface area contributed by atoms with Crippen LogP contribution in [0.1, 0.15) is 11.3 Å². The molecule has 0 saturated heterocycles. The minimum Gasteiger partial charge on any atom is -0.399 e. The van der Waals surface area contributed by atoms with Crippen LogP contribution in [-0.4, -0.2) is 9.78 Å². The summed E-state index contributed by atoms with van der Waals surface area (Å²) < 4.78 is 2.77. The predicted molar refractivity (Wildman–Crippen MR) is 69.6 cm³/mol. The molecule has 0 radical (unpaired) electrons. The Labute approximate surface area is 107 Å². The van der Waals surface area contributed by atoms with Crippen LogP contribution in [0.3, 0.4) is 0 Å². The van der Waals surface area contributed by atoms with E-state index < -0.39 is 0 Å². The number of halogens is 2. The third kappa shape index (κ3) is 2.57. The van der Waals surface area contributed by atoms with Crippen LogP contribution < -0.4 is 5.73 Å². The van der Waals surface area contributed by atoms with Gasteiger partial charge >= 0.3 is 0 Å². The van der Waals surface area contributed by atoms with Gasteiger partial charge in [-0.1, -0.05) is 27.5 Å². The molecule has 0 atom stereocenters. The van der Waals surface area contributed by atoms with Gasteiger partial charge in [-0.2, -0.15) is 5.10 Å². The smallest absolute Gasteiger partial charge is 0.0815 e. The fraction of sp³-hybridized carbons (Fsp3) is 0.182. The van der Waals surface area contributed by atoms with Crippen molar-refractivity contribution in [2.45, 2.75) is 13.5 Å². The van der Waals surface area contributed by atoms with Gasteiger partial charge in [-0.15, -0.1) is 0 Å². The van der Waals surface area contributed by atoms with Crippen LogP contribution in [0.25, 0.3) is 0 Å². The van der Waals surface area contributed by atoms with Gasteiger partial charge in [0, 0.05) is 16.4 Å². The molecule has 5 heteroatoms. The third-order valence-corrected chi connectivity index (χ3v) is 3.04. The van der Waals surface area contributed by atoms with Crippen molar-refractivity contribution < 1.29 is 0 Å². The molecule has 0 spiro atoms. The average molecular weight is 301 g/mol. The quantitative estimate of drug-likeness (QED) is 0.865. The lowest BCUT2D eigenvalue weighted by atomic mass is 10.2. The number of anilines is 1. The van der Waals surface area contributed by atoms with Crippen LogP contribution in [-0.2, 0) is 6.54 Å². The second-order valence-corrected chi connectivity index (χ2v) is 4.98. The molecular weight excluding hydrogens is 289 g/mol. The standard InChI is InChI=1S/C11H11BrClN3/c1-7-11(13)6-16(15-7)5-8-2-9(12)4-10(14)3-8/h2-4,6H,5,14H2,1H3. The summed E-state index contributed by atoms with van der Waals surface area (Å²) in [5.41, 5.74) is 8.42. The van der Waals surface area contributed by atoms with E-state index in [0.717, 1.165) is 21.4 Å². The molecule has 0 saturated carbocycles. The highest BCUT2D eigenvalue weighted by Gasteiger charge is 2.03. The molecular formula is C11H11BrClN3. The zero-order valence-electron chi connectivity index (χ0n) is 8.74. The number of hydrogen-bond donors (Lipinski definition) is 1. The van der Waals surface area contributed by atoms with E-state index in [9.17, 15) is 0 Å². The monoisotopic (exact) mass is 299 g/mol. The maximum Gasteiger partial charge on any atom is 0.0815 e. The van der Waals surface area contributed by atoms with Crippen LogP contribution in [0.2, 0.25) is 5.02 Å². The Morgan fingerprint density at radius 1 is 1.44 bits per heavy atom. The van der Waals surface area contributed by atoms with Gasteiger partial charge in [-0.3, -0.25) is 4.68 Å². The number of benzene rings is 1. The van der Waals surface area contributed by atoms with E-state index in [2.05, 4.69) is 21.0 Å². The molecule has 3 nitrogen and oxygen atoms in total. The Hall–Kier alpha value is -1.000. The van der Waals surface area contributed by atoms with Crippen molar-refractivity contribution >= 4 is 33.2 Å². The number of hydrogen-bond acceptors (Lipinski definition) is 2. The number of nitrogens with zero attached hydrogens (tertiary/aromatic N) is 2. The van der Waals surface area contributed by atoms with Crippen molar-refractivity contribution in [2.24, 2.45) is 0 Å². The van der Waals surface area contributed by atoms with Gasteiger partial charge in [0.25, 0.3) is 0 Å². The lowest BCUT2D eigenvalue weighted by Gasteiger charge is -2.04. The average Bonchev–Trinajstić information content (AvgIpc) is 2.43. The Morgan fingerprint density at radius 2 is 2.19 bits per heavy atom. The summed E-state index contributed by atoms with van der Waals surface area (Å²) in [7, 11) is 0. The molecule has 1 aromatic carbocycles.